The van der Waals surface area contributed by atoms with Crippen LogP contribution < -0.4 is 10.1 Å². The maximum atomic E-state index is 5.39. The zero-order valence-electron chi connectivity index (χ0n) is 14.4. The number of nitrogens with zero attached hydrogens (tertiary/aromatic N) is 4. The Hall–Kier alpha value is -1.90. The van der Waals surface area contributed by atoms with Gasteiger partial charge in [-0.1, -0.05) is 45.9 Å². The van der Waals surface area contributed by atoms with E-state index in [4.69, 9.17) is 4.74 Å². The van der Waals surface area contributed by atoms with Gasteiger partial charge in [-0.15, -0.1) is 5.10 Å². The highest BCUT2D eigenvalue weighted by Crippen LogP contribution is 2.23. The summed E-state index contributed by atoms with van der Waals surface area (Å²) < 4.78 is 8.22. The van der Waals surface area contributed by atoms with Gasteiger partial charge in [0.15, 0.2) is 0 Å². The summed E-state index contributed by atoms with van der Waals surface area (Å²) in [6.07, 6.45) is 1.02. The molecule has 6 nitrogen and oxygen atoms in total. The Bertz CT molecular complexity index is 827. The molecule has 0 radical (unpaired) electrons. The summed E-state index contributed by atoms with van der Waals surface area (Å²) in [6.45, 7) is 1.69. The lowest BCUT2D eigenvalue weighted by atomic mass is 10.2. The molecule has 0 spiro atoms. The fourth-order valence-corrected chi connectivity index (χ4v) is 3.71. The average molecular weight is 434 g/mol. The van der Waals surface area contributed by atoms with Crippen LogP contribution in [0.5, 0.6) is 5.75 Å². The molecule has 0 aliphatic carbocycles. The van der Waals surface area contributed by atoms with Crippen molar-refractivity contribution in [1.82, 2.24) is 25.5 Å². The van der Waals surface area contributed by atoms with Crippen molar-refractivity contribution in [1.29, 1.82) is 0 Å². The molecule has 2 aromatic carbocycles. The van der Waals surface area contributed by atoms with Gasteiger partial charge in [-0.05, 0) is 53.7 Å². The highest BCUT2D eigenvalue weighted by atomic mass is 79.9. The molecule has 0 amide bonds. The summed E-state index contributed by atoms with van der Waals surface area (Å²) in [6, 6.07) is 16.0. The highest BCUT2D eigenvalue weighted by Gasteiger charge is 2.08. The lowest BCUT2D eigenvalue weighted by molar-refractivity contribution is 0.407. The van der Waals surface area contributed by atoms with Crippen molar-refractivity contribution >= 4 is 27.7 Å². The van der Waals surface area contributed by atoms with Crippen molar-refractivity contribution in [2.24, 2.45) is 0 Å². The van der Waals surface area contributed by atoms with Crippen LogP contribution in [0.2, 0.25) is 0 Å². The normalized spacial score (nSPS) is 10.8. The Labute approximate surface area is 165 Å². The van der Waals surface area contributed by atoms with Gasteiger partial charge in [-0.25, -0.2) is 0 Å². The van der Waals surface area contributed by atoms with Crippen molar-refractivity contribution in [3.63, 3.8) is 0 Å². The van der Waals surface area contributed by atoms with Gasteiger partial charge in [0.05, 0.1) is 12.8 Å². The number of aromatic nitrogens is 4. The zero-order valence-corrected chi connectivity index (χ0v) is 16.8. The molecule has 0 atom stereocenters. The number of methoxy groups -OCH3 is 1. The van der Waals surface area contributed by atoms with E-state index in [1.807, 2.05) is 42.5 Å². The van der Waals surface area contributed by atoms with Crippen molar-refractivity contribution in [2.45, 2.75) is 18.1 Å². The largest absolute Gasteiger partial charge is 0.496 e. The Morgan fingerprint density at radius 2 is 2.04 bits per heavy atom. The van der Waals surface area contributed by atoms with E-state index in [2.05, 4.69) is 42.8 Å². The number of thioether (sulfide) groups is 1. The second-order valence-electron chi connectivity index (χ2n) is 5.54. The summed E-state index contributed by atoms with van der Waals surface area (Å²) >= 11 is 5.16. The fraction of sp³-hybridized carbons (Fsp3) is 0.278. The molecular formula is C18H20BrN5OS. The first-order valence-corrected chi connectivity index (χ1v) is 10.1. The molecule has 0 saturated carbocycles. The summed E-state index contributed by atoms with van der Waals surface area (Å²) in [5.41, 5.74) is 2.11. The molecule has 1 N–H and O–H groups in total. The maximum absolute atomic E-state index is 5.39. The summed E-state index contributed by atoms with van der Waals surface area (Å²) in [7, 11) is 1.69. The van der Waals surface area contributed by atoms with Crippen LogP contribution in [0.3, 0.4) is 0 Å². The van der Waals surface area contributed by atoms with Gasteiger partial charge in [0.1, 0.15) is 5.75 Å². The third-order valence-corrected chi connectivity index (χ3v) is 5.23. The van der Waals surface area contributed by atoms with Crippen LogP contribution in [0.1, 0.15) is 12.0 Å². The van der Waals surface area contributed by atoms with Gasteiger partial charge >= 0.3 is 0 Å². The van der Waals surface area contributed by atoms with Gasteiger partial charge in [0, 0.05) is 22.3 Å². The molecule has 0 aliphatic rings. The Morgan fingerprint density at radius 3 is 2.85 bits per heavy atom. The van der Waals surface area contributed by atoms with Gasteiger partial charge in [0.25, 0.3) is 0 Å². The minimum Gasteiger partial charge on any atom is -0.496 e. The van der Waals surface area contributed by atoms with E-state index in [0.717, 1.165) is 51.9 Å². The molecule has 3 aromatic rings. The van der Waals surface area contributed by atoms with E-state index in [9.17, 15) is 0 Å². The predicted molar refractivity (Wildman–Crippen MR) is 107 cm³/mol. The van der Waals surface area contributed by atoms with Gasteiger partial charge in [-0.2, -0.15) is 4.68 Å². The molecule has 0 unspecified atom stereocenters. The second-order valence-corrected chi connectivity index (χ2v) is 7.52. The van der Waals surface area contributed by atoms with Gasteiger partial charge < -0.3 is 10.1 Å². The lowest BCUT2D eigenvalue weighted by Gasteiger charge is -2.10. The molecule has 26 heavy (non-hydrogen) atoms. The summed E-state index contributed by atoms with van der Waals surface area (Å²) in [4.78, 5) is 0. The van der Waals surface area contributed by atoms with Crippen LogP contribution in [0.15, 0.2) is 58.2 Å². The maximum Gasteiger partial charge on any atom is 0.214 e. The number of benzene rings is 2. The van der Waals surface area contributed by atoms with Crippen LogP contribution >= 0.6 is 27.7 Å². The molecule has 0 fully saturated rings. The second kappa shape index (κ2) is 9.70. The Balaban J connectivity index is 1.43. The number of nitrogens with one attached hydrogen (secondary N) is 1. The number of ether oxygens (including phenoxy) is 1. The standard InChI is InChI=1S/C18H20BrN5OS/c1-25-17-9-8-15(19)12-14(17)13-20-10-5-11-26-18-21-22-23-24(18)16-6-3-2-4-7-16/h2-4,6-9,12,20H,5,10-11,13H2,1H3. The van der Waals surface area contributed by atoms with Crippen LogP contribution in [0.4, 0.5) is 0 Å². The molecule has 0 aliphatic heterocycles. The third-order valence-electron chi connectivity index (χ3n) is 3.73. The SMILES string of the molecule is COc1ccc(Br)cc1CNCCCSc1nnnn1-c1ccccc1. The number of tetrazole rings is 1. The molecule has 0 bridgehead atoms. The topological polar surface area (TPSA) is 64.9 Å². The van der Waals surface area contributed by atoms with E-state index in [1.54, 1.807) is 23.6 Å². The Kier molecular flexibility index (Phi) is 7.04. The lowest BCUT2D eigenvalue weighted by Crippen LogP contribution is -2.16. The first kappa shape index (κ1) is 18.9. The number of halogens is 1. The monoisotopic (exact) mass is 433 g/mol. The van der Waals surface area contributed by atoms with Crippen molar-refractivity contribution in [2.75, 3.05) is 19.4 Å². The van der Waals surface area contributed by atoms with Crippen molar-refractivity contribution in [3.8, 4) is 11.4 Å². The van der Waals surface area contributed by atoms with Gasteiger partial charge in [-0.3, -0.25) is 0 Å². The molecule has 0 saturated heterocycles. The van der Waals surface area contributed by atoms with E-state index in [1.165, 1.54) is 0 Å². The van der Waals surface area contributed by atoms with Crippen LogP contribution in [-0.2, 0) is 6.54 Å². The number of para-hydroxylation sites is 1. The molecule has 3 rings (SSSR count). The third kappa shape index (κ3) is 5.06. The quantitative estimate of drug-likeness (QED) is 0.409. The molecule has 1 aromatic heterocycles. The Morgan fingerprint density at radius 1 is 1.19 bits per heavy atom. The van der Waals surface area contributed by atoms with E-state index >= 15 is 0 Å². The first-order chi connectivity index (χ1) is 12.8. The van der Waals surface area contributed by atoms with Crippen LogP contribution in [-0.4, -0.2) is 39.6 Å². The molecule has 1 heterocycles. The summed E-state index contributed by atoms with van der Waals surface area (Å²) in [5.74, 6) is 1.84. The van der Waals surface area contributed by atoms with E-state index in [-0.39, 0.29) is 0 Å². The van der Waals surface area contributed by atoms with Crippen molar-refractivity contribution < 1.29 is 4.74 Å². The predicted octanol–water partition coefficient (Wildman–Crippen LogP) is 3.71. The number of hydrogen-bond donors (Lipinski definition) is 1. The molecule has 8 heteroatoms. The minimum atomic E-state index is 0.773. The number of rotatable bonds is 9. The molecular weight excluding hydrogens is 414 g/mol. The van der Waals surface area contributed by atoms with Crippen LogP contribution in [0.25, 0.3) is 5.69 Å². The van der Waals surface area contributed by atoms with Crippen molar-refractivity contribution in [3.05, 3.63) is 58.6 Å². The first-order valence-electron chi connectivity index (χ1n) is 8.27. The molecule has 136 valence electrons. The fourth-order valence-electron chi connectivity index (χ4n) is 2.47. The summed E-state index contributed by atoms with van der Waals surface area (Å²) in [5, 5.41) is 16.2. The highest BCUT2D eigenvalue weighted by molar-refractivity contribution is 9.10. The smallest absolute Gasteiger partial charge is 0.214 e. The van der Waals surface area contributed by atoms with Gasteiger partial charge in [0.2, 0.25) is 5.16 Å². The average Bonchev–Trinajstić information content (AvgIpc) is 3.14. The van der Waals surface area contributed by atoms with Crippen LogP contribution in [0, 0.1) is 0 Å². The minimum absolute atomic E-state index is 0.773. The number of hydrogen-bond acceptors (Lipinski definition) is 6. The van der Waals surface area contributed by atoms with E-state index < -0.39 is 0 Å². The zero-order chi connectivity index (χ0) is 18.2. The van der Waals surface area contributed by atoms with E-state index in [0.29, 0.717) is 0 Å².